The maximum atomic E-state index is 10.5. The second-order valence-corrected chi connectivity index (χ2v) is 1.97. The molecule has 11 heavy (non-hydrogen) atoms. The van der Waals surface area contributed by atoms with Crippen LogP contribution < -0.4 is 11.1 Å². The molecule has 0 aliphatic carbocycles. The molecule has 0 aromatic rings. The summed E-state index contributed by atoms with van der Waals surface area (Å²) in [4.78, 5) is 20.6. The number of hydrogen-bond donors (Lipinski definition) is 2. The topological polar surface area (TPSA) is 81.4 Å². The van der Waals surface area contributed by atoms with Gasteiger partial charge in [-0.1, -0.05) is 0 Å². The largest absolute Gasteiger partial charge is 0.469 e. The number of hydrogen-bond acceptors (Lipinski definition) is 4. The first-order chi connectivity index (χ1) is 5.16. The Kier molecular flexibility index (Phi) is 5.10. The highest BCUT2D eigenvalue weighted by Crippen LogP contribution is 1.79. The third kappa shape index (κ3) is 6.79. The Balaban J connectivity index is 3.14. The van der Waals surface area contributed by atoms with Gasteiger partial charge in [0.1, 0.15) is 0 Å². The van der Waals surface area contributed by atoms with E-state index in [-0.39, 0.29) is 18.9 Å². The minimum absolute atomic E-state index is 0.0942. The number of nitrogens with one attached hydrogen (secondary N) is 1. The lowest BCUT2D eigenvalue weighted by molar-refractivity contribution is -0.140. The number of esters is 1. The van der Waals surface area contributed by atoms with E-state index in [0.29, 0.717) is 6.54 Å². The van der Waals surface area contributed by atoms with Crippen molar-refractivity contribution in [2.45, 2.75) is 6.42 Å². The summed E-state index contributed by atoms with van der Waals surface area (Å²) in [5.74, 6) is -0.739. The van der Waals surface area contributed by atoms with E-state index in [2.05, 4.69) is 10.1 Å². The van der Waals surface area contributed by atoms with E-state index >= 15 is 0 Å². The van der Waals surface area contributed by atoms with Crippen molar-refractivity contribution >= 4 is 11.9 Å². The van der Waals surface area contributed by atoms with Crippen molar-refractivity contribution < 1.29 is 14.3 Å². The number of carbonyl (C=O) groups is 2. The smallest absolute Gasteiger partial charge is 0.306 e. The molecule has 0 bridgehead atoms. The summed E-state index contributed by atoms with van der Waals surface area (Å²) in [6.45, 7) is 0.507. The monoisotopic (exact) mass is 160 g/mol. The molecule has 5 nitrogen and oxygen atoms in total. The van der Waals surface area contributed by atoms with Crippen molar-refractivity contribution in [2.24, 2.45) is 5.73 Å². The molecule has 0 spiro atoms. The highest BCUT2D eigenvalue weighted by Gasteiger charge is 1.98. The van der Waals surface area contributed by atoms with Gasteiger partial charge in [-0.3, -0.25) is 9.59 Å². The number of carbonyl (C=O) groups excluding carboxylic acids is 2. The third-order valence-electron chi connectivity index (χ3n) is 1.03. The molecule has 64 valence electrons. The lowest BCUT2D eigenvalue weighted by Gasteiger charge is -1.99. The number of rotatable bonds is 5. The van der Waals surface area contributed by atoms with Gasteiger partial charge < -0.3 is 15.8 Å². The van der Waals surface area contributed by atoms with Crippen LogP contribution in [0.2, 0.25) is 0 Å². The normalized spacial score (nSPS) is 9.18. The molecule has 3 N–H and O–H groups in total. The zero-order chi connectivity index (χ0) is 8.69. The molecule has 0 aromatic heterocycles. The second-order valence-electron chi connectivity index (χ2n) is 1.97. The first kappa shape index (κ1) is 9.90. The van der Waals surface area contributed by atoms with Crippen molar-refractivity contribution in [3.63, 3.8) is 0 Å². The Labute approximate surface area is 64.9 Å². The van der Waals surface area contributed by atoms with Crippen LogP contribution in [0.1, 0.15) is 6.42 Å². The van der Waals surface area contributed by atoms with E-state index in [9.17, 15) is 9.59 Å². The minimum atomic E-state index is -0.435. The Bertz CT molecular complexity index is 147. The van der Waals surface area contributed by atoms with Crippen LogP contribution in [0.15, 0.2) is 0 Å². The van der Waals surface area contributed by atoms with Gasteiger partial charge in [-0.15, -0.1) is 0 Å². The van der Waals surface area contributed by atoms with E-state index in [1.807, 2.05) is 0 Å². The molecule has 0 unspecified atom stereocenters. The zero-order valence-corrected chi connectivity index (χ0v) is 6.42. The number of ether oxygens (including phenoxy) is 1. The number of amides is 1. The quantitative estimate of drug-likeness (QED) is 0.384. The fourth-order valence-electron chi connectivity index (χ4n) is 0.504. The van der Waals surface area contributed by atoms with Gasteiger partial charge in [0.05, 0.1) is 20.1 Å². The predicted molar refractivity (Wildman–Crippen MR) is 38.7 cm³/mol. The van der Waals surface area contributed by atoms with Gasteiger partial charge in [0.25, 0.3) is 0 Å². The first-order valence-electron chi connectivity index (χ1n) is 3.22. The van der Waals surface area contributed by atoms with Crippen LogP contribution in [0, 0.1) is 0 Å². The molecule has 0 saturated heterocycles. The standard InChI is InChI=1S/C6H12N2O3/c1-11-6(10)2-3-8-4-5(7)9/h8H,2-4H2,1H3,(H2,7,9). The molecule has 1 amide bonds. The van der Waals surface area contributed by atoms with Crippen molar-refractivity contribution in [1.82, 2.24) is 5.32 Å². The third-order valence-corrected chi connectivity index (χ3v) is 1.03. The van der Waals surface area contributed by atoms with Gasteiger partial charge in [-0.05, 0) is 0 Å². The summed E-state index contributed by atoms with van der Waals surface area (Å²) >= 11 is 0. The molecule has 0 aliphatic heterocycles. The highest BCUT2D eigenvalue weighted by atomic mass is 16.5. The fourth-order valence-corrected chi connectivity index (χ4v) is 0.504. The highest BCUT2D eigenvalue weighted by molar-refractivity contribution is 5.76. The summed E-state index contributed by atoms with van der Waals surface area (Å²) in [7, 11) is 1.32. The number of nitrogens with two attached hydrogens (primary N) is 1. The molecule has 0 aromatic carbocycles. The maximum Gasteiger partial charge on any atom is 0.306 e. The SMILES string of the molecule is COC(=O)CCNCC(N)=O. The van der Waals surface area contributed by atoms with Gasteiger partial charge >= 0.3 is 5.97 Å². The fraction of sp³-hybridized carbons (Fsp3) is 0.667. The zero-order valence-electron chi connectivity index (χ0n) is 6.42. The van der Waals surface area contributed by atoms with Gasteiger partial charge in [-0.2, -0.15) is 0 Å². The number of primary amides is 1. The Morgan fingerprint density at radius 2 is 2.18 bits per heavy atom. The Hall–Kier alpha value is -1.10. The molecular formula is C6H12N2O3. The molecule has 0 aliphatic rings. The van der Waals surface area contributed by atoms with Crippen molar-refractivity contribution in [3.8, 4) is 0 Å². The summed E-state index contributed by atoms with van der Waals surface area (Å²) in [5, 5.41) is 2.67. The number of methoxy groups -OCH3 is 1. The molecule has 0 fully saturated rings. The van der Waals surface area contributed by atoms with Crippen LogP contribution in [0.25, 0.3) is 0 Å². The molecule has 0 heterocycles. The summed E-state index contributed by atoms with van der Waals surface area (Å²) < 4.78 is 4.36. The van der Waals surface area contributed by atoms with E-state index < -0.39 is 5.91 Å². The lowest BCUT2D eigenvalue weighted by atomic mass is 10.4. The summed E-state index contributed by atoms with van der Waals surface area (Å²) in [5.41, 5.74) is 4.82. The Morgan fingerprint density at radius 1 is 1.55 bits per heavy atom. The predicted octanol–water partition coefficient (Wildman–Crippen LogP) is -1.38. The van der Waals surface area contributed by atoms with Gasteiger partial charge in [0.2, 0.25) is 5.91 Å². The van der Waals surface area contributed by atoms with Crippen LogP contribution in [-0.2, 0) is 14.3 Å². The minimum Gasteiger partial charge on any atom is -0.469 e. The summed E-state index contributed by atoms with van der Waals surface area (Å²) in [6, 6.07) is 0. The van der Waals surface area contributed by atoms with Gasteiger partial charge in [-0.25, -0.2) is 0 Å². The van der Waals surface area contributed by atoms with Gasteiger partial charge in [0.15, 0.2) is 0 Å². The van der Waals surface area contributed by atoms with Crippen molar-refractivity contribution in [2.75, 3.05) is 20.2 Å². The lowest BCUT2D eigenvalue weighted by Crippen LogP contribution is -2.30. The van der Waals surface area contributed by atoms with E-state index in [1.54, 1.807) is 0 Å². The van der Waals surface area contributed by atoms with Crippen LogP contribution in [0.4, 0.5) is 0 Å². The maximum absolute atomic E-state index is 10.5. The molecule has 0 atom stereocenters. The first-order valence-corrected chi connectivity index (χ1v) is 3.22. The molecular weight excluding hydrogens is 148 g/mol. The summed E-state index contributed by atoms with van der Waals surface area (Å²) in [6.07, 6.45) is 0.254. The van der Waals surface area contributed by atoms with Crippen LogP contribution >= 0.6 is 0 Å². The molecule has 0 rings (SSSR count). The van der Waals surface area contributed by atoms with Gasteiger partial charge in [0, 0.05) is 6.54 Å². The average Bonchev–Trinajstić information content (AvgIpc) is 1.97. The molecule has 0 saturated carbocycles. The van der Waals surface area contributed by atoms with E-state index in [4.69, 9.17) is 5.73 Å². The molecule has 5 heteroatoms. The van der Waals surface area contributed by atoms with Crippen LogP contribution in [0.5, 0.6) is 0 Å². The van der Waals surface area contributed by atoms with Crippen molar-refractivity contribution in [3.05, 3.63) is 0 Å². The van der Waals surface area contributed by atoms with Crippen LogP contribution in [0.3, 0.4) is 0 Å². The second kappa shape index (κ2) is 5.67. The molecule has 0 radical (unpaired) electrons. The van der Waals surface area contributed by atoms with Crippen LogP contribution in [-0.4, -0.2) is 32.1 Å². The Morgan fingerprint density at radius 3 is 2.64 bits per heavy atom. The van der Waals surface area contributed by atoms with E-state index in [0.717, 1.165) is 0 Å². The van der Waals surface area contributed by atoms with Crippen molar-refractivity contribution in [1.29, 1.82) is 0 Å². The van der Waals surface area contributed by atoms with E-state index in [1.165, 1.54) is 7.11 Å². The average molecular weight is 160 g/mol.